The van der Waals surface area contributed by atoms with E-state index in [0.29, 0.717) is 16.3 Å². The van der Waals surface area contributed by atoms with Gasteiger partial charge in [0, 0.05) is 5.02 Å². The third-order valence-electron chi connectivity index (χ3n) is 3.67. The number of nitrogens with zero attached hydrogens (tertiary/aromatic N) is 1. The predicted octanol–water partition coefficient (Wildman–Crippen LogP) is 4.58. The summed E-state index contributed by atoms with van der Waals surface area (Å²) in [5.74, 6) is -0.550. The van der Waals surface area contributed by atoms with Crippen LogP contribution in [0.25, 0.3) is 0 Å². The molecule has 0 spiro atoms. The molecule has 3 aromatic rings. The van der Waals surface area contributed by atoms with Crippen LogP contribution in [0, 0.1) is 0 Å². The molecule has 0 unspecified atom stereocenters. The van der Waals surface area contributed by atoms with Gasteiger partial charge in [0.05, 0.1) is 30.2 Å². The van der Waals surface area contributed by atoms with Crippen molar-refractivity contribution in [3.05, 3.63) is 81.7 Å². The van der Waals surface area contributed by atoms with Crippen LogP contribution >= 0.6 is 23.2 Å². The molecule has 7 nitrogen and oxygen atoms in total. The zero-order valence-electron chi connectivity index (χ0n) is 15.0. The number of hydrogen-bond acceptors (Lipinski definition) is 6. The van der Waals surface area contributed by atoms with Crippen molar-refractivity contribution in [2.24, 2.45) is 5.10 Å². The molecule has 1 aromatic heterocycles. The molecule has 0 fully saturated rings. The average Bonchev–Trinajstić information content (AvgIpc) is 3.23. The third kappa shape index (κ3) is 5.16. The molecule has 9 heteroatoms. The minimum absolute atomic E-state index is 0.0706. The first-order valence-electron chi connectivity index (χ1n) is 8.20. The topological polar surface area (TPSA) is 90.1 Å². The van der Waals surface area contributed by atoms with Crippen LogP contribution in [0.15, 0.2) is 64.3 Å². The van der Waals surface area contributed by atoms with Crippen LogP contribution in [0.3, 0.4) is 0 Å². The summed E-state index contributed by atoms with van der Waals surface area (Å²) in [6.45, 7) is 0. The van der Waals surface area contributed by atoms with Gasteiger partial charge in [-0.2, -0.15) is 5.10 Å². The summed E-state index contributed by atoms with van der Waals surface area (Å²) >= 11 is 11.8. The smallest absolute Gasteiger partial charge is 0.379 e. The van der Waals surface area contributed by atoms with Crippen molar-refractivity contribution in [1.82, 2.24) is 5.43 Å². The maximum absolute atomic E-state index is 12.1. The lowest BCUT2D eigenvalue weighted by Gasteiger charge is -2.09. The molecule has 0 saturated carbocycles. The van der Waals surface area contributed by atoms with Gasteiger partial charge in [-0.15, -0.1) is 0 Å². The first kappa shape index (κ1) is 20.4. The normalized spacial score (nSPS) is 10.7. The molecule has 29 heavy (non-hydrogen) atoms. The lowest BCUT2D eigenvalue weighted by Crippen LogP contribution is -2.18. The van der Waals surface area contributed by atoms with Crippen LogP contribution in [-0.4, -0.2) is 25.2 Å². The standard InChI is InChI=1S/C20H14Cl2N2O5/c1-27-18-9-12(4-7-16(18)29-20(26)17-3-2-8-28-17)11-23-24-19(25)14-6-5-13(21)10-15(14)22/h2-11H,1H3,(H,24,25). The highest BCUT2D eigenvalue weighted by Crippen LogP contribution is 2.28. The number of ether oxygens (including phenoxy) is 2. The van der Waals surface area contributed by atoms with Gasteiger partial charge in [0.2, 0.25) is 5.76 Å². The second kappa shape index (κ2) is 9.27. The van der Waals surface area contributed by atoms with Crippen LogP contribution in [0.4, 0.5) is 0 Å². The van der Waals surface area contributed by atoms with Gasteiger partial charge >= 0.3 is 5.97 Å². The second-order valence-electron chi connectivity index (χ2n) is 5.60. The maximum Gasteiger partial charge on any atom is 0.379 e. The number of hydrogen-bond donors (Lipinski definition) is 1. The van der Waals surface area contributed by atoms with E-state index in [9.17, 15) is 9.59 Å². The number of benzene rings is 2. The second-order valence-corrected chi connectivity index (χ2v) is 6.44. The van der Waals surface area contributed by atoms with Gasteiger partial charge in [-0.25, -0.2) is 10.2 Å². The van der Waals surface area contributed by atoms with Crippen molar-refractivity contribution in [3.8, 4) is 11.5 Å². The molecule has 1 amide bonds. The first-order chi connectivity index (χ1) is 14.0. The van der Waals surface area contributed by atoms with E-state index in [-0.39, 0.29) is 22.1 Å². The maximum atomic E-state index is 12.1. The lowest BCUT2D eigenvalue weighted by atomic mass is 10.2. The molecule has 0 aliphatic heterocycles. The van der Waals surface area contributed by atoms with Gasteiger partial charge in [0.15, 0.2) is 11.5 Å². The van der Waals surface area contributed by atoms with Gasteiger partial charge < -0.3 is 13.9 Å². The number of nitrogens with one attached hydrogen (secondary N) is 1. The Morgan fingerprint density at radius 1 is 1.10 bits per heavy atom. The molecular formula is C20H14Cl2N2O5. The van der Waals surface area contributed by atoms with E-state index in [4.69, 9.17) is 37.1 Å². The highest BCUT2D eigenvalue weighted by Gasteiger charge is 2.15. The van der Waals surface area contributed by atoms with Crippen LogP contribution in [0.1, 0.15) is 26.5 Å². The highest BCUT2D eigenvalue weighted by molar-refractivity contribution is 6.36. The summed E-state index contributed by atoms with van der Waals surface area (Å²) in [6.07, 6.45) is 2.78. The van der Waals surface area contributed by atoms with Crippen LogP contribution < -0.4 is 14.9 Å². The van der Waals surface area contributed by atoms with Gasteiger partial charge in [0.25, 0.3) is 5.91 Å². The van der Waals surface area contributed by atoms with E-state index in [1.54, 1.807) is 30.3 Å². The Hall–Kier alpha value is -3.29. The van der Waals surface area contributed by atoms with Crippen LogP contribution in [0.5, 0.6) is 11.5 Å². The molecule has 0 aliphatic carbocycles. The molecule has 1 heterocycles. The molecule has 3 rings (SSSR count). The van der Waals surface area contributed by atoms with Crippen molar-refractivity contribution in [1.29, 1.82) is 0 Å². The molecule has 0 aliphatic rings. The Balaban J connectivity index is 1.68. The number of amides is 1. The Kier molecular flexibility index (Phi) is 6.54. The number of hydrazone groups is 1. The monoisotopic (exact) mass is 432 g/mol. The number of rotatable bonds is 6. The van der Waals surface area contributed by atoms with Crippen molar-refractivity contribution in [2.75, 3.05) is 7.11 Å². The fraction of sp³-hybridized carbons (Fsp3) is 0.0500. The van der Waals surface area contributed by atoms with Gasteiger partial charge in [-0.1, -0.05) is 23.2 Å². The Morgan fingerprint density at radius 2 is 1.93 bits per heavy atom. The van der Waals surface area contributed by atoms with Crippen LogP contribution in [-0.2, 0) is 0 Å². The minimum atomic E-state index is -0.651. The molecule has 0 bridgehead atoms. The zero-order valence-corrected chi connectivity index (χ0v) is 16.5. The third-order valence-corrected chi connectivity index (χ3v) is 4.22. The predicted molar refractivity (Wildman–Crippen MR) is 108 cm³/mol. The largest absolute Gasteiger partial charge is 0.493 e. The summed E-state index contributed by atoms with van der Waals surface area (Å²) < 4.78 is 15.5. The van der Waals surface area contributed by atoms with Crippen LogP contribution in [0.2, 0.25) is 10.0 Å². The summed E-state index contributed by atoms with van der Waals surface area (Å²) in [7, 11) is 1.44. The number of carbonyl (C=O) groups excluding carboxylic acids is 2. The summed E-state index contributed by atoms with van der Waals surface area (Å²) in [4.78, 5) is 24.1. The summed E-state index contributed by atoms with van der Waals surface area (Å²) in [5, 5.41) is 4.54. The molecule has 2 aromatic carbocycles. The fourth-order valence-electron chi connectivity index (χ4n) is 2.29. The molecule has 0 saturated heterocycles. The number of furan rings is 1. The number of esters is 1. The van der Waals surface area contributed by atoms with Crippen molar-refractivity contribution in [3.63, 3.8) is 0 Å². The highest BCUT2D eigenvalue weighted by atomic mass is 35.5. The quantitative estimate of drug-likeness (QED) is 0.266. The Bertz CT molecular complexity index is 1060. The lowest BCUT2D eigenvalue weighted by molar-refractivity contribution is 0.0696. The van der Waals surface area contributed by atoms with E-state index >= 15 is 0 Å². The van der Waals surface area contributed by atoms with E-state index in [2.05, 4.69) is 10.5 Å². The SMILES string of the molecule is COc1cc(C=NNC(=O)c2ccc(Cl)cc2Cl)ccc1OC(=O)c1ccco1. The van der Waals surface area contributed by atoms with E-state index in [0.717, 1.165) is 0 Å². The van der Waals surface area contributed by atoms with E-state index in [1.807, 2.05) is 0 Å². The first-order valence-corrected chi connectivity index (χ1v) is 8.95. The van der Waals surface area contributed by atoms with Gasteiger partial charge in [-0.05, 0) is 54.1 Å². The molecule has 0 radical (unpaired) electrons. The molecule has 148 valence electrons. The van der Waals surface area contributed by atoms with E-state index in [1.165, 1.54) is 37.8 Å². The van der Waals surface area contributed by atoms with Crippen molar-refractivity contribution in [2.45, 2.75) is 0 Å². The van der Waals surface area contributed by atoms with Crippen molar-refractivity contribution < 1.29 is 23.5 Å². The Labute approximate surface area is 175 Å². The van der Waals surface area contributed by atoms with Crippen molar-refractivity contribution >= 4 is 41.3 Å². The molecule has 1 N–H and O–H groups in total. The van der Waals surface area contributed by atoms with Gasteiger partial charge in [-0.3, -0.25) is 4.79 Å². The zero-order chi connectivity index (χ0) is 20.8. The summed E-state index contributed by atoms with van der Waals surface area (Å²) in [5.41, 5.74) is 3.22. The fourth-order valence-corrected chi connectivity index (χ4v) is 2.79. The number of methoxy groups -OCH3 is 1. The molecular weight excluding hydrogens is 419 g/mol. The van der Waals surface area contributed by atoms with E-state index < -0.39 is 11.9 Å². The average molecular weight is 433 g/mol. The van der Waals surface area contributed by atoms with Gasteiger partial charge in [0.1, 0.15) is 0 Å². The number of halogens is 2. The minimum Gasteiger partial charge on any atom is -0.493 e. The Morgan fingerprint density at radius 3 is 2.62 bits per heavy atom. The molecule has 0 atom stereocenters. The summed E-state index contributed by atoms with van der Waals surface area (Å²) in [6, 6.07) is 12.4. The number of carbonyl (C=O) groups is 2.